The molecular formula is C11H18BrN3. The minimum atomic E-state index is 0.208. The molecule has 0 spiro atoms. The van der Waals surface area contributed by atoms with Crippen LogP contribution in [0.5, 0.6) is 0 Å². The fourth-order valence-electron chi connectivity index (χ4n) is 1.43. The Kier molecular flexibility index (Phi) is 5.05. The first-order valence-electron chi connectivity index (χ1n) is 5.25. The zero-order valence-corrected chi connectivity index (χ0v) is 10.8. The lowest BCUT2D eigenvalue weighted by Crippen LogP contribution is -2.29. The Labute approximate surface area is 99.6 Å². The Morgan fingerprint density at radius 3 is 2.93 bits per heavy atom. The van der Waals surface area contributed by atoms with E-state index in [-0.39, 0.29) is 6.04 Å². The molecule has 0 saturated heterocycles. The number of nitrogens with zero attached hydrogens (tertiary/aromatic N) is 1. The fourth-order valence-corrected chi connectivity index (χ4v) is 1.87. The summed E-state index contributed by atoms with van der Waals surface area (Å²) < 4.78 is 1.00. The van der Waals surface area contributed by atoms with Gasteiger partial charge in [-0.3, -0.25) is 0 Å². The molecule has 1 atom stereocenters. The number of halogens is 1. The summed E-state index contributed by atoms with van der Waals surface area (Å²) in [7, 11) is 0. The molecule has 1 rings (SSSR count). The predicted molar refractivity (Wildman–Crippen MR) is 68.0 cm³/mol. The van der Waals surface area contributed by atoms with Crippen LogP contribution < -0.4 is 11.1 Å². The zero-order valence-electron chi connectivity index (χ0n) is 9.26. The molecule has 0 radical (unpaired) electrons. The topological polar surface area (TPSA) is 50.9 Å². The molecule has 1 aromatic rings. The fraction of sp³-hybridized carbons (Fsp3) is 0.545. The van der Waals surface area contributed by atoms with Crippen LogP contribution in [0, 0.1) is 6.92 Å². The molecule has 84 valence electrons. The number of anilines is 1. The highest BCUT2D eigenvalue weighted by molar-refractivity contribution is 9.10. The van der Waals surface area contributed by atoms with Crippen molar-refractivity contribution in [2.24, 2.45) is 5.73 Å². The van der Waals surface area contributed by atoms with Gasteiger partial charge in [0.25, 0.3) is 0 Å². The van der Waals surface area contributed by atoms with Crippen LogP contribution in [0.3, 0.4) is 0 Å². The highest BCUT2D eigenvalue weighted by atomic mass is 79.9. The summed E-state index contributed by atoms with van der Waals surface area (Å²) >= 11 is 3.39. The molecule has 0 aliphatic rings. The van der Waals surface area contributed by atoms with Crippen LogP contribution >= 0.6 is 15.9 Å². The van der Waals surface area contributed by atoms with Gasteiger partial charge in [0.05, 0.1) is 0 Å². The lowest BCUT2D eigenvalue weighted by molar-refractivity contribution is 0.626. The van der Waals surface area contributed by atoms with Gasteiger partial charge in [-0.05, 0) is 40.9 Å². The lowest BCUT2D eigenvalue weighted by Gasteiger charge is -2.13. The number of aromatic nitrogens is 1. The maximum atomic E-state index is 5.91. The van der Waals surface area contributed by atoms with Crippen molar-refractivity contribution in [1.29, 1.82) is 0 Å². The Morgan fingerprint density at radius 1 is 1.60 bits per heavy atom. The van der Waals surface area contributed by atoms with Gasteiger partial charge in [0.2, 0.25) is 0 Å². The van der Waals surface area contributed by atoms with Crippen molar-refractivity contribution in [3.05, 3.63) is 22.3 Å². The molecule has 15 heavy (non-hydrogen) atoms. The van der Waals surface area contributed by atoms with Gasteiger partial charge < -0.3 is 11.1 Å². The monoisotopic (exact) mass is 271 g/mol. The average Bonchev–Trinajstić information content (AvgIpc) is 2.17. The quantitative estimate of drug-likeness (QED) is 0.866. The van der Waals surface area contributed by atoms with Gasteiger partial charge in [-0.2, -0.15) is 0 Å². The van der Waals surface area contributed by atoms with Gasteiger partial charge >= 0.3 is 0 Å². The van der Waals surface area contributed by atoms with E-state index in [0.717, 1.165) is 35.2 Å². The third-order valence-corrected chi connectivity index (χ3v) is 2.67. The largest absolute Gasteiger partial charge is 0.368 e. The van der Waals surface area contributed by atoms with Crippen LogP contribution in [0.15, 0.2) is 16.7 Å². The normalized spacial score (nSPS) is 12.5. The average molecular weight is 272 g/mol. The number of hydrogen-bond acceptors (Lipinski definition) is 3. The number of nitrogens with one attached hydrogen (secondary N) is 1. The first-order valence-corrected chi connectivity index (χ1v) is 6.04. The Balaban J connectivity index is 2.50. The summed E-state index contributed by atoms with van der Waals surface area (Å²) in [5.74, 6) is 0.921. The summed E-state index contributed by atoms with van der Waals surface area (Å²) in [6.45, 7) is 4.96. The van der Waals surface area contributed by atoms with Crippen molar-refractivity contribution in [3.63, 3.8) is 0 Å². The van der Waals surface area contributed by atoms with Crippen LogP contribution in [0.1, 0.15) is 25.3 Å². The second kappa shape index (κ2) is 6.08. The minimum Gasteiger partial charge on any atom is -0.368 e. The molecule has 0 aromatic carbocycles. The van der Waals surface area contributed by atoms with E-state index < -0.39 is 0 Å². The van der Waals surface area contributed by atoms with Crippen molar-refractivity contribution < 1.29 is 0 Å². The van der Waals surface area contributed by atoms with E-state index in [9.17, 15) is 0 Å². The van der Waals surface area contributed by atoms with E-state index in [4.69, 9.17) is 5.73 Å². The minimum absolute atomic E-state index is 0.208. The maximum Gasteiger partial charge on any atom is 0.128 e. The predicted octanol–water partition coefficient (Wildman–Crippen LogP) is 2.69. The van der Waals surface area contributed by atoms with Crippen LogP contribution in [-0.2, 0) is 0 Å². The zero-order chi connectivity index (χ0) is 11.3. The first-order chi connectivity index (χ1) is 7.13. The number of rotatable bonds is 5. The van der Waals surface area contributed by atoms with Gasteiger partial charge in [-0.25, -0.2) is 4.98 Å². The van der Waals surface area contributed by atoms with Gasteiger partial charge in [0.1, 0.15) is 5.82 Å². The Morgan fingerprint density at radius 2 is 2.33 bits per heavy atom. The van der Waals surface area contributed by atoms with E-state index in [1.807, 2.05) is 13.0 Å². The van der Waals surface area contributed by atoms with E-state index >= 15 is 0 Å². The number of pyridine rings is 1. The van der Waals surface area contributed by atoms with Gasteiger partial charge in [-0.15, -0.1) is 0 Å². The van der Waals surface area contributed by atoms with Crippen LogP contribution in [0.2, 0.25) is 0 Å². The van der Waals surface area contributed by atoms with Gasteiger partial charge in [0, 0.05) is 23.3 Å². The van der Waals surface area contributed by atoms with Crippen LogP contribution in [0.4, 0.5) is 5.82 Å². The maximum absolute atomic E-state index is 5.91. The van der Waals surface area contributed by atoms with E-state index in [1.54, 1.807) is 6.20 Å². The molecule has 3 N–H and O–H groups in total. The molecule has 3 nitrogen and oxygen atoms in total. The van der Waals surface area contributed by atoms with Crippen molar-refractivity contribution in [2.45, 2.75) is 32.7 Å². The van der Waals surface area contributed by atoms with Crippen molar-refractivity contribution in [1.82, 2.24) is 4.98 Å². The summed E-state index contributed by atoms with van der Waals surface area (Å²) in [6, 6.07) is 2.25. The SMILES string of the molecule is CCCC(N)CNc1ncc(Br)cc1C. The molecule has 0 saturated carbocycles. The third-order valence-electron chi connectivity index (χ3n) is 2.24. The first kappa shape index (κ1) is 12.5. The highest BCUT2D eigenvalue weighted by Gasteiger charge is 2.03. The standard InChI is InChI=1S/C11H18BrN3/c1-3-4-10(13)7-15-11-8(2)5-9(12)6-14-11/h5-6,10H,3-4,7,13H2,1-2H3,(H,14,15). The summed E-state index contributed by atoms with van der Waals surface area (Å²) in [5.41, 5.74) is 7.04. The molecule has 0 amide bonds. The van der Waals surface area contributed by atoms with Crippen molar-refractivity contribution in [2.75, 3.05) is 11.9 Å². The smallest absolute Gasteiger partial charge is 0.128 e. The second-order valence-electron chi connectivity index (χ2n) is 3.75. The molecule has 0 bridgehead atoms. The molecule has 1 aromatic heterocycles. The Bertz CT molecular complexity index is 315. The highest BCUT2D eigenvalue weighted by Crippen LogP contribution is 2.16. The summed E-state index contributed by atoms with van der Waals surface area (Å²) in [4.78, 5) is 4.30. The Hall–Kier alpha value is -0.610. The number of hydrogen-bond donors (Lipinski definition) is 2. The summed E-state index contributed by atoms with van der Waals surface area (Å²) in [5, 5.41) is 3.27. The molecule has 0 fully saturated rings. The van der Waals surface area contributed by atoms with E-state index in [1.165, 1.54) is 0 Å². The van der Waals surface area contributed by atoms with Crippen LogP contribution in [-0.4, -0.2) is 17.6 Å². The molecule has 0 aliphatic heterocycles. The molecular weight excluding hydrogens is 254 g/mol. The lowest BCUT2D eigenvalue weighted by atomic mass is 10.2. The molecule has 4 heteroatoms. The molecule has 1 unspecified atom stereocenters. The third kappa shape index (κ3) is 4.18. The van der Waals surface area contributed by atoms with Gasteiger partial charge in [0.15, 0.2) is 0 Å². The summed E-state index contributed by atoms with van der Waals surface area (Å²) in [6.07, 6.45) is 3.96. The van der Waals surface area contributed by atoms with Crippen molar-refractivity contribution in [3.8, 4) is 0 Å². The number of nitrogens with two attached hydrogens (primary N) is 1. The van der Waals surface area contributed by atoms with Crippen molar-refractivity contribution >= 4 is 21.7 Å². The van der Waals surface area contributed by atoms with E-state index in [0.29, 0.717) is 0 Å². The second-order valence-corrected chi connectivity index (χ2v) is 4.66. The van der Waals surface area contributed by atoms with Crippen LogP contribution in [0.25, 0.3) is 0 Å². The molecule has 0 aliphatic carbocycles. The van der Waals surface area contributed by atoms with E-state index in [2.05, 4.69) is 33.2 Å². The molecule has 1 heterocycles. The van der Waals surface area contributed by atoms with Gasteiger partial charge in [-0.1, -0.05) is 13.3 Å². The number of aryl methyl sites for hydroxylation is 1.